The first-order chi connectivity index (χ1) is 9.29. The summed E-state index contributed by atoms with van der Waals surface area (Å²) in [5.41, 5.74) is 7.79. The Hall–Kier alpha value is -1.35. The van der Waals surface area contributed by atoms with Crippen molar-refractivity contribution in [2.24, 2.45) is 17.1 Å². The third-order valence-electron chi connectivity index (χ3n) is 4.06. The molecule has 1 aromatic carbocycles. The Morgan fingerprint density at radius 1 is 1.25 bits per heavy atom. The molecular weight excluding hydrogens is 248 g/mol. The third-order valence-corrected chi connectivity index (χ3v) is 4.06. The van der Waals surface area contributed by atoms with E-state index in [9.17, 15) is 4.79 Å². The Kier molecular flexibility index (Phi) is 5.75. The number of carbonyl (C=O) groups excluding carboxylic acids is 1. The number of hydrogen-bond donors (Lipinski definition) is 1. The average molecular weight is 276 g/mol. The standard InChI is InChI=1S/C17H28N2O/c1-6-19(15-9-7-14(12-18)8-10-15)16(20)11-13(2)17(3,4)5/h7-10,13H,6,11-12,18H2,1-5H3. The monoisotopic (exact) mass is 276 g/mol. The number of rotatable bonds is 5. The Bertz CT molecular complexity index is 431. The van der Waals surface area contributed by atoms with Crippen LogP contribution in [0.5, 0.6) is 0 Å². The van der Waals surface area contributed by atoms with Crippen LogP contribution < -0.4 is 10.6 Å². The zero-order chi connectivity index (χ0) is 15.3. The molecule has 0 aliphatic carbocycles. The molecular formula is C17H28N2O. The van der Waals surface area contributed by atoms with Gasteiger partial charge in [-0.25, -0.2) is 0 Å². The van der Waals surface area contributed by atoms with Gasteiger partial charge in [0.25, 0.3) is 0 Å². The lowest BCUT2D eigenvalue weighted by Gasteiger charge is -2.29. The summed E-state index contributed by atoms with van der Waals surface area (Å²) in [4.78, 5) is 14.3. The smallest absolute Gasteiger partial charge is 0.227 e. The highest BCUT2D eigenvalue weighted by Crippen LogP contribution is 2.29. The normalized spacial score (nSPS) is 13.1. The molecule has 0 aromatic heterocycles. The SMILES string of the molecule is CCN(C(=O)CC(C)C(C)(C)C)c1ccc(CN)cc1. The first-order valence-electron chi connectivity index (χ1n) is 7.39. The van der Waals surface area contributed by atoms with E-state index in [0.29, 0.717) is 25.4 Å². The zero-order valence-electron chi connectivity index (χ0n) is 13.4. The van der Waals surface area contributed by atoms with Crippen LogP contribution in [-0.2, 0) is 11.3 Å². The van der Waals surface area contributed by atoms with Crippen molar-refractivity contribution in [3.05, 3.63) is 29.8 Å². The molecule has 1 unspecified atom stereocenters. The van der Waals surface area contributed by atoms with Gasteiger partial charge in [-0.2, -0.15) is 0 Å². The van der Waals surface area contributed by atoms with Crippen molar-refractivity contribution < 1.29 is 4.79 Å². The second kappa shape index (κ2) is 6.89. The van der Waals surface area contributed by atoms with Gasteiger partial charge in [-0.05, 0) is 36.0 Å². The fourth-order valence-electron chi connectivity index (χ4n) is 1.99. The first-order valence-corrected chi connectivity index (χ1v) is 7.39. The maximum Gasteiger partial charge on any atom is 0.227 e. The third kappa shape index (κ3) is 4.34. The lowest BCUT2D eigenvalue weighted by Crippen LogP contribution is -2.34. The molecule has 0 spiro atoms. The van der Waals surface area contributed by atoms with Crippen LogP contribution in [0.15, 0.2) is 24.3 Å². The van der Waals surface area contributed by atoms with Crippen LogP contribution in [0.25, 0.3) is 0 Å². The highest BCUT2D eigenvalue weighted by atomic mass is 16.2. The van der Waals surface area contributed by atoms with Crippen LogP contribution in [0, 0.1) is 11.3 Å². The maximum atomic E-state index is 12.5. The molecule has 1 atom stereocenters. The minimum atomic E-state index is 0.151. The van der Waals surface area contributed by atoms with Crippen LogP contribution >= 0.6 is 0 Å². The molecule has 1 rings (SSSR count). The minimum Gasteiger partial charge on any atom is -0.326 e. The van der Waals surface area contributed by atoms with Gasteiger partial charge in [-0.3, -0.25) is 4.79 Å². The molecule has 0 fully saturated rings. The van der Waals surface area contributed by atoms with Gasteiger partial charge in [0.2, 0.25) is 5.91 Å². The average Bonchev–Trinajstić information content (AvgIpc) is 2.39. The second-order valence-electron chi connectivity index (χ2n) is 6.48. The van der Waals surface area contributed by atoms with E-state index in [2.05, 4.69) is 27.7 Å². The fraction of sp³-hybridized carbons (Fsp3) is 0.588. The lowest BCUT2D eigenvalue weighted by atomic mass is 9.80. The van der Waals surface area contributed by atoms with Crippen LogP contribution in [0.2, 0.25) is 0 Å². The van der Waals surface area contributed by atoms with Crippen molar-refractivity contribution in [2.45, 2.75) is 47.6 Å². The maximum absolute atomic E-state index is 12.5. The predicted octanol–water partition coefficient (Wildman–Crippen LogP) is 3.57. The predicted molar refractivity (Wildman–Crippen MR) is 85.6 cm³/mol. The van der Waals surface area contributed by atoms with Crippen LogP contribution in [0.1, 0.15) is 46.6 Å². The Balaban J connectivity index is 2.81. The summed E-state index contributed by atoms with van der Waals surface area (Å²) in [7, 11) is 0. The van der Waals surface area contributed by atoms with E-state index in [-0.39, 0.29) is 11.3 Å². The quantitative estimate of drug-likeness (QED) is 0.893. The minimum absolute atomic E-state index is 0.151. The molecule has 0 saturated heterocycles. The molecule has 3 nitrogen and oxygen atoms in total. The van der Waals surface area contributed by atoms with Gasteiger partial charge in [0, 0.05) is 25.2 Å². The van der Waals surface area contributed by atoms with Crippen molar-refractivity contribution in [3.63, 3.8) is 0 Å². The highest BCUT2D eigenvalue weighted by Gasteiger charge is 2.25. The molecule has 112 valence electrons. The number of carbonyl (C=O) groups is 1. The number of nitrogens with zero attached hydrogens (tertiary/aromatic N) is 1. The van der Waals surface area contributed by atoms with E-state index >= 15 is 0 Å². The Morgan fingerprint density at radius 2 is 1.80 bits per heavy atom. The van der Waals surface area contributed by atoms with Gasteiger partial charge in [-0.1, -0.05) is 39.8 Å². The van der Waals surface area contributed by atoms with Crippen molar-refractivity contribution >= 4 is 11.6 Å². The molecule has 0 aliphatic rings. The molecule has 0 bridgehead atoms. The number of benzene rings is 1. The summed E-state index contributed by atoms with van der Waals surface area (Å²) < 4.78 is 0. The summed E-state index contributed by atoms with van der Waals surface area (Å²) >= 11 is 0. The summed E-state index contributed by atoms with van der Waals surface area (Å²) in [6, 6.07) is 7.92. The molecule has 3 heteroatoms. The van der Waals surface area contributed by atoms with Gasteiger partial charge in [0.05, 0.1) is 0 Å². The summed E-state index contributed by atoms with van der Waals surface area (Å²) in [6.07, 6.45) is 0.579. The fourth-order valence-corrected chi connectivity index (χ4v) is 1.99. The summed E-state index contributed by atoms with van der Waals surface area (Å²) in [5, 5.41) is 0. The van der Waals surface area contributed by atoms with Gasteiger partial charge in [-0.15, -0.1) is 0 Å². The molecule has 0 saturated carbocycles. The van der Waals surface area contributed by atoms with E-state index in [1.807, 2.05) is 36.1 Å². The number of amides is 1. The molecule has 1 amide bonds. The molecule has 20 heavy (non-hydrogen) atoms. The van der Waals surface area contributed by atoms with Gasteiger partial charge < -0.3 is 10.6 Å². The Labute approximate surface area is 123 Å². The van der Waals surface area contributed by atoms with Crippen LogP contribution in [0.4, 0.5) is 5.69 Å². The molecule has 0 heterocycles. The van der Waals surface area contributed by atoms with Crippen molar-refractivity contribution in [2.75, 3.05) is 11.4 Å². The molecule has 0 aliphatic heterocycles. The lowest BCUT2D eigenvalue weighted by molar-refractivity contribution is -0.120. The van der Waals surface area contributed by atoms with Gasteiger partial charge >= 0.3 is 0 Å². The van der Waals surface area contributed by atoms with E-state index in [1.165, 1.54) is 0 Å². The van der Waals surface area contributed by atoms with E-state index in [1.54, 1.807) is 0 Å². The topological polar surface area (TPSA) is 46.3 Å². The van der Waals surface area contributed by atoms with Crippen molar-refractivity contribution in [3.8, 4) is 0 Å². The van der Waals surface area contributed by atoms with E-state index in [0.717, 1.165) is 11.3 Å². The van der Waals surface area contributed by atoms with Gasteiger partial charge in [0.15, 0.2) is 0 Å². The number of hydrogen-bond acceptors (Lipinski definition) is 2. The Morgan fingerprint density at radius 3 is 2.20 bits per heavy atom. The number of anilines is 1. The summed E-state index contributed by atoms with van der Waals surface area (Å²) in [6.45, 7) is 11.9. The van der Waals surface area contributed by atoms with E-state index < -0.39 is 0 Å². The van der Waals surface area contributed by atoms with Crippen molar-refractivity contribution in [1.82, 2.24) is 0 Å². The molecule has 1 aromatic rings. The second-order valence-corrected chi connectivity index (χ2v) is 6.48. The first kappa shape index (κ1) is 16.7. The van der Waals surface area contributed by atoms with Gasteiger partial charge in [0.1, 0.15) is 0 Å². The zero-order valence-corrected chi connectivity index (χ0v) is 13.4. The largest absolute Gasteiger partial charge is 0.326 e. The van der Waals surface area contributed by atoms with E-state index in [4.69, 9.17) is 5.73 Å². The van der Waals surface area contributed by atoms with Crippen LogP contribution in [0.3, 0.4) is 0 Å². The molecule has 0 radical (unpaired) electrons. The molecule has 2 N–H and O–H groups in total. The van der Waals surface area contributed by atoms with Crippen LogP contribution in [-0.4, -0.2) is 12.5 Å². The van der Waals surface area contributed by atoms with Crippen molar-refractivity contribution in [1.29, 1.82) is 0 Å². The summed E-state index contributed by atoms with van der Waals surface area (Å²) in [5.74, 6) is 0.544. The number of nitrogens with two attached hydrogens (primary N) is 1. The highest BCUT2D eigenvalue weighted by molar-refractivity contribution is 5.93.